The van der Waals surface area contributed by atoms with Gasteiger partial charge in [0.2, 0.25) is 0 Å². The van der Waals surface area contributed by atoms with E-state index in [4.69, 9.17) is 9.47 Å². The van der Waals surface area contributed by atoms with Crippen molar-refractivity contribution in [3.05, 3.63) is 47.2 Å². The van der Waals surface area contributed by atoms with E-state index in [2.05, 4.69) is 4.98 Å². The van der Waals surface area contributed by atoms with Gasteiger partial charge in [0.05, 0.1) is 25.0 Å². The highest BCUT2D eigenvalue weighted by Gasteiger charge is 2.28. The van der Waals surface area contributed by atoms with E-state index in [0.29, 0.717) is 24.5 Å². The normalized spacial score (nSPS) is 20.5. The summed E-state index contributed by atoms with van der Waals surface area (Å²) < 4.78 is 38.3. The van der Waals surface area contributed by atoms with Crippen molar-refractivity contribution in [3.8, 4) is 17.0 Å². The first kappa shape index (κ1) is 15.5. The third-order valence-corrected chi connectivity index (χ3v) is 4.51. The van der Waals surface area contributed by atoms with Crippen LogP contribution >= 0.6 is 0 Å². The van der Waals surface area contributed by atoms with Crippen LogP contribution in [0.5, 0.6) is 5.75 Å². The van der Waals surface area contributed by atoms with Crippen molar-refractivity contribution >= 4 is 0 Å². The lowest BCUT2D eigenvalue weighted by Crippen LogP contribution is -2.37. The largest absolute Gasteiger partial charge is 0.503 e. The van der Waals surface area contributed by atoms with Crippen molar-refractivity contribution in [3.63, 3.8) is 0 Å². The zero-order chi connectivity index (χ0) is 16.7. The highest BCUT2D eigenvalue weighted by molar-refractivity contribution is 5.61. The van der Waals surface area contributed by atoms with Gasteiger partial charge in [0.25, 0.3) is 0 Å². The Kier molecular flexibility index (Phi) is 3.94. The Morgan fingerprint density at radius 1 is 1.17 bits per heavy atom. The highest BCUT2D eigenvalue weighted by atomic mass is 19.1. The van der Waals surface area contributed by atoms with Crippen molar-refractivity contribution in [2.45, 2.75) is 31.5 Å². The van der Waals surface area contributed by atoms with E-state index in [1.165, 1.54) is 0 Å². The molecule has 1 N–H and O–H groups in total. The molecule has 1 aromatic carbocycles. The molecule has 2 aliphatic rings. The monoisotopic (exact) mass is 333 g/mol. The Bertz CT molecular complexity index is 754. The smallest absolute Gasteiger partial charge is 0.187 e. The summed E-state index contributed by atoms with van der Waals surface area (Å²) in [6, 6.07) is 5.85. The first-order valence-corrected chi connectivity index (χ1v) is 8.03. The molecule has 1 aliphatic carbocycles. The molecule has 0 saturated carbocycles. The van der Waals surface area contributed by atoms with E-state index in [0.717, 1.165) is 42.7 Å². The molecule has 4 nitrogen and oxygen atoms in total. The Labute approximate surface area is 138 Å². The second-order valence-corrected chi connectivity index (χ2v) is 6.20. The van der Waals surface area contributed by atoms with Crippen LogP contribution in [0.4, 0.5) is 8.78 Å². The number of pyridine rings is 1. The molecule has 1 aliphatic heterocycles. The van der Waals surface area contributed by atoms with Gasteiger partial charge < -0.3 is 14.6 Å². The molecule has 2 heterocycles. The lowest BCUT2D eigenvalue weighted by molar-refractivity contribution is -0.158. The highest BCUT2D eigenvalue weighted by Crippen LogP contribution is 2.35. The number of hydrogen-bond acceptors (Lipinski definition) is 4. The van der Waals surface area contributed by atoms with Crippen molar-refractivity contribution in [2.75, 3.05) is 13.2 Å². The van der Waals surface area contributed by atoms with Crippen LogP contribution in [0.1, 0.15) is 30.2 Å². The van der Waals surface area contributed by atoms with Gasteiger partial charge in [-0.25, -0.2) is 8.78 Å². The Hall–Kier alpha value is -2.05. The van der Waals surface area contributed by atoms with Crippen molar-refractivity contribution < 1.29 is 23.4 Å². The number of hydrogen-bond donors (Lipinski definition) is 1. The van der Waals surface area contributed by atoms with Gasteiger partial charge in [-0.15, -0.1) is 0 Å². The van der Waals surface area contributed by atoms with Crippen LogP contribution in [0, 0.1) is 11.6 Å². The number of ether oxygens (including phenoxy) is 2. The summed E-state index contributed by atoms with van der Waals surface area (Å²) in [4.78, 5) is 4.57. The molecular formula is C18H17F2NO3. The van der Waals surface area contributed by atoms with Gasteiger partial charge in [0, 0.05) is 16.8 Å². The van der Waals surface area contributed by atoms with Crippen molar-refractivity contribution in [2.24, 2.45) is 0 Å². The summed E-state index contributed by atoms with van der Waals surface area (Å²) in [5.41, 5.74) is 2.73. The average molecular weight is 333 g/mol. The number of phenols is 1. The van der Waals surface area contributed by atoms with Crippen LogP contribution in [0.25, 0.3) is 11.3 Å². The fourth-order valence-corrected chi connectivity index (χ4v) is 3.16. The van der Waals surface area contributed by atoms with E-state index < -0.39 is 17.4 Å². The molecule has 0 bridgehead atoms. The number of phenolic OH excluding ortho intramolecular Hbond substituents is 1. The lowest BCUT2D eigenvalue weighted by atomic mass is 9.92. The van der Waals surface area contributed by atoms with Gasteiger partial charge in [0.15, 0.2) is 17.4 Å². The van der Waals surface area contributed by atoms with Gasteiger partial charge in [-0.2, -0.15) is 0 Å². The Balaban J connectivity index is 1.65. The standard InChI is InChI=1S/C18H17F2NO3/c19-13-6-10(7-14(20)18(13)22)15-5-4-12-16(21-15)2-1-3-17(12)24-11-8-23-9-11/h4-7,11,17,22H,1-3,8-9H2. The molecular weight excluding hydrogens is 316 g/mol. The van der Waals surface area contributed by atoms with Gasteiger partial charge in [-0.3, -0.25) is 4.98 Å². The maximum absolute atomic E-state index is 13.6. The molecule has 1 unspecified atom stereocenters. The molecule has 6 heteroatoms. The minimum absolute atomic E-state index is 0.00232. The van der Waals surface area contributed by atoms with Gasteiger partial charge in [0.1, 0.15) is 6.10 Å². The van der Waals surface area contributed by atoms with E-state index >= 15 is 0 Å². The molecule has 1 aromatic heterocycles. The molecule has 1 saturated heterocycles. The number of aromatic nitrogens is 1. The van der Waals surface area contributed by atoms with E-state index in [-0.39, 0.29) is 12.2 Å². The first-order chi connectivity index (χ1) is 11.6. The zero-order valence-corrected chi connectivity index (χ0v) is 13.0. The second-order valence-electron chi connectivity index (χ2n) is 6.20. The molecule has 24 heavy (non-hydrogen) atoms. The lowest BCUT2D eigenvalue weighted by Gasteiger charge is -2.33. The van der Waals surface area contributed by atoms with Crippen LogP contribution in [0.3, 0.4) is 0 Å². The Morgan fingerprint density at radius 3 is 2.58 bits per heavy atom. The number of rotatable bonds is 3. The SMILES string of the molecule is Oc1c(F)cc(-c2ccc3c(n2)CCCC3OC2COC2)cc1F. The average Bonchev–Trinajstić information content (AvgIpc) is 2.55. The number of fused-ring (bicyclic) bond motifs is 1. The third-order valence-electron chi connectivity index (χ3n) is 4.51. The van der Waals surface area contributed by atoms with E-state index in [9.17, 15) is 13.9 Å². The fourth-order valence-electron chi connectivity index (χ4n) is 3.16. The van der Waals surface area contributed by atoms with E-state index in [1.807, 2.05) is 6.07 Å². The molecule has 4 rings (SSSR count). The number of nitrogens with zero attached hydrogens (tertiary/aromatic N) is 1. The van der Waals surface area contributed by atoms with Gasteiger partial charge in [-0.1, -0.05) is 6.07 Å². The van der Waals surface area contributed by atoms with Gasteiger partial charge in [-0.05, 0) is 37.5 Å². The molecule has 0 amide bonds. The van der Waals surface area contributed by atoms with Gasteiger partial charge >= 0.3 is 0 Å². The summed E-state index contributed by atoms with van der Waals surface area (Å²) >= 11 is 0. The summed E-state index contributed by atoms with van der Waals surface area (Å²) in [6.07, 6.45) is 2.85. The summed E-state index contributed by atoms with van der Waals surface area (Å²) in [7, 11) is 0. The first-order valence-electron chi connectivity index (χ1n) is 8.03. The van der Waals surface area contributed by atoms with Crippen molar-refractivity contribution in [1.29, 1.82) is 0 Å². The molecule has 0 spiro atoms. The van der Waals surface area contributed by atoms with Crippen LogP contribution in [-0.4, -0.2) is 29.4 Å². The van der Waals surface area contributed by atoms with Crippen molar-refractivity contribution in [1.82, 2.24) is 4.98 Å². The van der Waals surface area contributed by atoms with Crippen LogP contribution in [0.15, 0.2) is 24.3 Å². The predicted octanol–water partition coefficient (Wildman–Crippen LogP) is 3.53. The summed E-state index contributed by atoms with van der Waals surface area (Å²) in [5.74, 6) is -2.95. The molecule has 1 atom stereocenters. The molecule has 1 fully saturated rings. The second kappa shape index (κ2) is 6.11. The maximum atomic E-state index is 13.6. The van der Waals surface area contributed by atoms with Crippen LogP contribution in [0.2, 0.25) is 0 Å². The zero-order valence-electron chi connectivity index (χ0n) is 13.0. The fraction of sp³-hybridized carbons (Fsp3) is 0.389. The quantitative estimate of drug-likeness (QED) is 0.934. The number of halogens is 2. The predicted molar refractivity (Wildman–Crippen MR) is 82.6 cm³/mol. The Morgan fingerprint density at radius 2 is 1.92 bits per heavy atom. The summed E-state index contributed by atoms with van der Waals surface area (Å²) in [6.45, 7) is 1.26. The minimum atomic E-state index is -0.990. The molecule has 0 radical (unpaired) electrons. The van der Waals surface area contributed by atoms with E-state index in [1.54, 1.807) is 6.07 Å². The minimum Gasteiger partial charge on any atom is -0.503 e. The van der Waals surface area contributed by atoms with Crippen LogP contribution in [-0.2, 0) is 15.9 Å². The number of benzene rings is 1. The number of aromatic hydroxyl groups is 1. The van der Waals surface area contributed by atoms with Crippen LogP contribution < -0.4 is 0 Å². The third kappa shape index (κ3) is 2.76. The summed E-state index contributed by atoms with van der Waals surface area (Å²) in [5, 5.41) is 9.22. The topological polar surface area (TPSA) is 51.6 Å². The number of aryl methyl sites for hydroxylation is 1. The molecule has 2 aromatic rings. The maximum Gasteiger partial charge on any atom is 0.187 e. The molecule has 126 valence electrons.